The molecule has 16 aromatic rings. The maximum absolute atomic E-state index is 14.0. The van der Waals surface area contributed by atoms with Crippen molar-refractivity contribution in [2.45, 2.75) is 69.6 Å². The van der Waals surface area contributed by atoms with Crippen molar-refractivity contribution in [1.29, 1.82) is 0 Å². The van der Waals surface area contributed by atoms with Gasteiger partial charge in [-0.25, -0.2) is 17.6 Å². The first kappa shape index (κ1) is 74.8. The van der Waals surface area contributed by atoms with Crippen molar-refractivity contribution in [3.8, 4) is 0 Å². The molecule has 0 spiro atoms. The minimum absolute atomic E-state index is 0.0381. The number of anilines is 8. The van der Waals surface area contributed by atoms with Crippen LogP contribution in [0.4, 0.5) is 63.6 Å². The van der Waals surface area contributed by atoms with Crippen molar-refractivity contribution in [3.05, 3.63) is 169 Å². The molecule has 16 heterocycles. The molecule has 4 aliphatic heterocycles. The lowest BCUT2D eigenvalue weighted by Crippen LogP contribution is -2.45. The number of carbonyl (C=O) groups excluding carboxylic acids is 4. The zero-order valence-corrected chi connectivity index (χ0v) is 62.7. The van der Waals surface area contributed by atoms with Crippen molar-refractivity contribution < 1.29 is 59.0 Å². The largest absolute Gasteiger partial charge is 0.355 e. The summed E-state index contributed by atoms with van der Waals surface area (Å²) in [6.45, 7) is 3.59. The molecule has 116 heavy (non-hydrogen) atoms. The fourth-order valence-electron chi connectivity index (χ4n) is 14.2. The summed E-state index contributed by atoms with van der Waals surface area (Å²) in [5, 5.41) is 59.4. The van der Waals surface area contributed by atoms with Crippen molar-refractivity contribution in [2.24, 2.45) is 0 Å². The molecule has 4 fully saturated rings. The Kier molecular flexibility index (Phi) is 20.1. The zero-order chi connectivity index (χ0) is 79.8. The van der Waals surface area contributed by atoms with E-state index >= 15 is 0 Å². The van der Waals surface area contributed by atoms with E-state index in [0.29, 0.717) is 155 Å². The first-order chi connectivity index (χ1) is 56.2. The van der Waals surface area contributed by atoms with Gasteiger partial charge in [0, 0.05) is 129 Å². The lowest BCUT2D eigenvalue weighted by Gasteiger charge is -2.33. The zero-order valence-electron chi connectivity index (χ0n) is 61.9. The third-order valence-electron chi connectivity index (χ3n) is 20.4. The number of benzene rings is 4. The van der Waals surface area contributed by atoms with Gasteiger partial charge in [-0.2, -0.15) is 20.4 Å². The molecule has 0 saturated carbocycles. The molecule has 2 atom stereocenters. The molecule has 0 bridgehead atoms. The van der Waals surface area contributed by atoms with Crippen molar-refractivity contribution >= 4 is 173 Å². The number of aromatic nitrogens is 16. The van der Waals surface area contributed by atoms with E-state index in [4.69, 9.17) is 18.1 Å². The van der Waals surface area contributed by atoms with Crippen LogP contribution in [0.2, 0.25) is 0 Å². The van der Waals surface area contributed by atoms with Gasteiger partial charge in [0.15, 0.2) is 68.4 Å². The lowest BCUT2D eigenvalue weighted by molar-refractivity contribution is -0.0562. The molecule has 8 N–H and O–H groups in total. The van der Waals surface area contributed by atoms with Crippen LogP contribution in [0.25, 0.3) is 88.0 Å². The predicted molar refractivity (Wildman–Crippen MR) is 425 cm³/mol. The summed E-state index contributed by atoms with van der Waals surface area (Å²) in [6, 6.07) is 36.0. The molecule has 592 valence electrons. The third-order valence-corrected chi connectivity index (χ3v) is 22.4. The summed E-state index contributed by atoms with van der Waals surface area (Å²) in [5.74, 6) is 2.91. The molecule has 12 aromatic heterocycles. The fraction of sp³-hybridized carbons (Fsp3) is 0.269. The van der Waals surface area contributed by atoms with Gasteiger partial charge >= 0.3 is 0 Å². The summed E-state index contributed by atoms with van der Waals surface area (Å²) in [6.07, 6.45) is 8.32. The number of pyridine rings is 4. The van der Waals surface area contributed by atoms with Crippen LogP contribution < -0.4 is 21.3 Å². The van der Waals surface area contributed by atoms with E-state index in [1.165, 1.54) is 4.90 Å². The van der Waals surface area contributed by atoms with Crippen molar-refractivity contribution in [1.82, 2.24) is 101 Å². The Morgan fingerprint density at radius 2 is 0.793 bits per heavy atom. The van der Waals surface area contributed by atoms with E-state index in [9.17, 15) is 40.9 Å². The summed E-state index contributed by atoms with van der Waals surface area (Å²) in [4.78, 5) is 74.4. The van der Waals surface area contributed by atoms with Crippen molar-refractivity contribution in [2.75, 3.05) is 85.1 Å². The summed E-state index contributed by atoms with van der Waals surface area (Å²) < 4.78 is 88.7. The van der Waals surface area contributed by atoms with Crippen LogP contribution in [0.1, 0.15) is 93.8 Å². The van der Waals surface area contributed by atoms with E-state index in [1.54, 1.807) is 96.1 Å². The van der Waals surface area contributed by atoms with E-state index in [-0.39, 0.29) is 66.4 Å². The number of piperidine rings is 3. The summed E-state index contributed by atoms with van der Waals surface area (Å²) in [5.41, 5.74) is 10.4. The average molecular weight is 1600 g/mol. The second-order valence-electron chi connectivity index (χ2n) is 28.8. The van der Waals surface area contributed by atoms with Gasteiger partial charge in [-0.05, 0) is 158 Å². The Labute approximate surface area is 653 Å². The highest BCUT2D eigenvalue weighted by Crippen LogP contribution is 2.36. The Hall–Kier alpha value is -13.9. The summed E-state index contributed by atoms with van der Waals surface area (Å²) in [7, 11) is -2.10. The number of nitrogens with one attached hydrogen (secondary N) is 8. The lowest BCUT2D eigenvalue weighted by atomic mass is 9.95. The number of halogens is 4. The van der Waals surface area contributed by atoms with Crippen LogP contribution in [0.5, 0.6) is 0 Å². The maximum atomic E-state index is 14.0. The van der Waals surface area contributed by atoms with Gasteiger partial charge in [0.25, 0.3) is 29.6 Å². The Bertz CT molecular complexity index is 6500. The Balaban J connectivity index is 0.000000111. The van der Waals surface area contributed by atoms with Gasteiger partial charge in [0.2, 0.25) is 0 Å². The van der Waals surface area contributed by atoms with E-state index in [2.05, 4.69) is 108 Å². The number of alkyl halides is 4. The van der Waals surface area contributed by atoms with E-state index in [0.717, 1.165) is 60.6 Å². The normalized spacial score (nSPS) is 17.5. The van der Waals surface area contributed by atoms with Crippen LogP contribution >= 0.6 is 0 Å². The Morgan fingerprint density at radius 1 is 0.448 bits per heavy atom. The van der Waals surface area contributed by atoms with Crippen LogP contribution in [-0.2, 0) is 9.52 Å². The SMILES string of the molecule is C=S1(=O)CCCN(C(=O)c2noc3cc(Nc4n[nH]c5cccnc45)ccc23)CC1.CC1(F)CCN(C(=O)c2noc3cc(Nc4n[nH]c5cccnc45)ccc23)CC1.O=C(c1noc2cc(Nc3n[nH]c4cccnc34)ccc12)N1CCCC(F)(F)C1.O=C(c1noc2cc(Nc3n[nH]c4cccnc34)ccc12)N1CCCC(F)C1. The molecule has 38 heteroatoms. The van der Waals surface area contributed by atoms with Gasteiger partial charge in [0.1, 0.15) is 33.9 Å². The number of H-pyrrole nitrogens is 4. The van der Waals surface area contributed by atoms with Gasteiger partial charge < -0.3 is 59.0 Å². The Morgan fingerprint density at radius 3 is 1.16 bits per heavy atom. The highest BCUT2D eigenvalue weighted by atomic mass is 32.2. The van der Waals surface area contributed by atoms with Gasteiger partial charge in [-0.1, -0.05) is 20.6 Å². The molecule has 4 aromatic carbocycles. The molecular formula is C78H72F4N24O9S. The second kappa shape index (κ2) is 31.2. The number of hydrogen-bond acceptors (Lipinski definition) is 25. The number of nitrogens with zero attached hydrogens (tertiary/aromatic N) is 16. The number of fused-ring (bicyclic) bond motifs is 8. The molecule has 4 amide bonds. The predicted octanol–water partition coefficient (Wildman–Crippen LogP) is 13.3. The number of aromatic amines is 4. The molecule has 2 unspecified atom stereocenters. The topological polar surface area (TPSA) is 417 Å². The first-order valence-corrected chi connectivity index (χ1v) is 39.3. The molecule has 4 aliphatic rings. The third kappa shape index (κ3) is 15.8. The molecule has 20 rings (SSSR count). The van der Waals surface area contributed by atoms with Gasteiger partial charge in [-0.3, -0.25) is 63.7 Å². The molecule has 4 saturated heterocycles. The van der Waals surface area contributed by atoms with Crippen LogP contribution in [-0.4, -0.2) is 216 Å². The van der Waals surface area contributed by atoms with Gasteiger partial charge in [0.05, 0.1) is 56.7 Å². The highest BCUT2D eigenvalue weighted by molar-refractivity contribution is 8.00. The van der Waals surface area contributed by atoms with Crippen LogP contribution in [0.3, 0.4) is 0 Å². The summed E-state index contributed by atoms with van der Waals surface area (Å²) >= 11 is 0. The smallest absolute Gasteiger partial charge is 0.276 e. The maximum Gasteiger partial charge on any atom is 0.276 e. The van der Waals surface area contributed by atoms with E-state index in [1.807, 2.05) is 66.7 Å². The van der Waals surface area contributed by atoms with Crippen LogP contribution in [0.15, 0.2) is 164 Å². The van der Waals surface area contributed by atoms with Crippen LogP contribution in [0, 0.1) is 0 Å². The minimum atomic E-state index is -2.87. The highest BCUT2D eigenvalue weighted by Gasteiger charge is 2.39. The monoisotopic (exact) mass is 1600 g/mol. The average Bonchev–Trinajstić information content (AvgIpc) is 1.65. The van der Waals surface area contributed by atoms with Crippen molar-refractivity contribution in [3.63, 3.8) is 0 Å². The molecular weight excluding hydrogens is 1530 g/mol. The van der Waals surface area contributed by atoms with E-state index < -0.39 is 39.7 Å². The fourth-order valence-corrected chi connectivity index (χ4v) is 15.6. The number of rotatable bonds is 12. The number of carbonyl (C=O) groups is 4. The standard InChI is InChI=1S/C20H19FN6O2.C20H20N6O3S.C19H16F2N6O2.C19H17FN6O2/c1-20(21)6-9-27(10-7-20)19(28)16-13-5-4-12(11-15(13)29-26-16)23-18-17-14(24-25-18)3-2-8-22-17;1-30(28)10-3-8-26(9-11-30)20(27)17-14-6-5-13(12-16(14)29-25-17)22-19-18-15(23-24-19)4-2-7-21-18;20-19(21)6-2-8-27(10-19)18(28)15-12-5-4-11(9-14(12)29-26-15)23-17-16-13(24-25-17)3-1-7-22-16;20-11-3-2-8-26(10-11)19(27)16-13-6-5-12(9-15(13)28-25-16)22-18-17-14(23-24-18)4-1-7-21-17/h2-5,8,11H,6-7,9-10H2,1H3,(H2,23,24,25);2,4-7,12H,1,3,8-11H2,(H2,22,23,24);1,3-5,7,9H,2,6,8,10H2,(H2,23,24,25);1,4-7,9,11H,2-3,8,10H2,(H2,22,23,24). The number of likely N-dealkylation sites (tertiary alicyclic amines) is 3. The molecule has 0 aliphatic carbocycles. The molecule has 0 radical (unpaired) electrons. The first-order valence-electron chi connectivity index (χ1n) is 37.2. The van der Waals surface area contributed by atoms with Gasteiger partial charge in [-0.15, -0.1) is 0 Å². The number of amides is 4. The quantitative estimate of drug-likeness (QED) is 0.0416. The second-order valence-corrected chi connectivity index (χ2v) is 31.5. The number of hydrogen-bond donors (Lipinski definition) is 8. The molecule has 33 nitrogen and oxygen atoms in total. The minimum Gasteiger partial charge on any atom is -0.355 e.